The molecule has 0 aliphatic carbocycles. The monoisotopic (exact) mass is 329 g/mol. The number of anilines is 1. The zero-order valence-corrected chi connectivity index (χ0v) is 13.5. The lowest BCUT2D eigenvalue weighted by molar-refractivity contribution is 0.0933. The van der Waals surface area contributed by atoms with Crippen LogP contribution in [0, 0.1) is 12.7 Å². The molecule has 0 radical (unpaired) electrons. The molecule has 2 aromatic rings. The van der Waals surface area contributed by atoms with Crippen molar-refractivity contribution in [3.8, 4) is 0 Å². The third-order valence-corrected chi connectivity index (χ3v) is 4.30. The number of benzene rings is 1. The van der Waals surface area contributed by atoms with Gasteiger partial charge in [0.05, 0.1) is 5.56 Å². The van der Waals surface area contributed by atoms with Crippen LogP contribution < -0.4 is 15.8 Å². The van der Waals surface area contributed by atoms with Gasteiger partial charge in [-0.15, -0.1) is 0 Å². The van der Waals surface area contributed by atoms with E-state index in [0.29, 0.717) is 12.1 Å². The Hall–Kier alpha value is -2.63. The summed E-state index contributed by atoms with van der Waals surface area (Å²) in [5.74, 6) is -0.440. The van der Waals surface area contributed by atoms with Crippen LogP contribution in [0.15, 0.2) is 41.3 Å². The van der Waals surface area contributed by atoms with Crippen LogP contribution in [0.1, 0.15) is 28.8 Å². The zero-order valence-electron chi connectivity index (χ0n) is 13.5. The maximum atomic E-state index is 13.3. The quantitative estimate of drug-likeness (QED) is 0.907. The molecule has 6 heteroatoms. The number of aromatic nitrogens is 1. The number of piperidine rings is 1. The minimum absolute atomic E-state index is 0.0163. The van der Waals surface area contributed by atoms with E-state index in [4.69, 9.17) is 0 Å². The van der Waals surface area contributed by atoms with Gasteiger partial charge in [0.15, 0.2) is 0 Å². The number of amides is 1. The normalized spacial score (nSPS) is 17.6. The summed E-state index contributed by atoms with van der Waals surface area (Å²) in [5.41, 5.74) is 2.09. The molecule has 0 unspecified atom stereocenters. The van der Waals surface area contributed by atoms with Gasteiger partial charge in [0.25, 0.3) is 5.91 Å². The Bertz CT molecular complexity index is 783. The predicted octanol–water partition coefficient (Wildman–Crippen LogP) is 2.22. The van der Waals surface area contributed by atoms with Crippen LogP contribution in [0.4, 0.5) is 10.1 Å². The van der Waals surface area contributed by atoms with Gasteiger partial charge in [-0.1, -0.05) is 0 Å². The molecule has 5 nitrogen and oxygen atoms in total. The molecule has 1 aliphatic rings. The maximum Gasteiger partial charge on any atom is 0.253 e. The van der Waals surface area contributed by atoms with E-state index < -0.39 is 0 Å². The molecule has 0 saturated carbocycles. The highest BCUT2D eigenvalue weighted by molar-refractivity contribution is 5.94. The third-order valence-electron chi connectivity index (χ3n) is 4.30. The zero-order chi connectivity index (χ0) is 17.1. The second-order valence-electron chi connectivity index (χ2n) is 6.13. The number of H-pyrrole nitrogens is 1. The van der Waals surface area contributed by atoms with E-state index in [1.807, 2.05) is 6.92 Å². The van der Waals surface area contributed by atoms with Crippen molar-refractivity contribution in [1.82, 2.24) is 10.3 Å². The standard InChI is InChI=1S/C18H20FN3O2/c1-12-9-14(19)5-6-16(12)22-8-2-3-15(11-22)21-18(24)13-4-7-17(23)20-10-13/h4-7,9-10,15H,2-3,8,11H2,1H3,(H,20,23)(H,21,24)/t15-/m0/s1. The van der Waals surface area contributed by atoms with Gasteiger partial charge in [0.1, 0.15) is 5.82 Å². The molecule has 2 N–H and O–H groups in total. The van der Waals surface area contributed by atoms with Gasteiger partial charge < -0.3 is 15.2 Å². The fraction of sp³-hybridized carbons (Fsp3) is 0.333. The first-order valence-corrected chi connectivity index (χ1v) is 8.03. The fourth-order valence-corrected chi connectivity index (χ4v) is 3.11. The van der Waals surface area contributed by atoms with E-state index in [1.54, 1.807) is 6.07 Å². The summed E-state index contributed by atoms with van der Waals surface area (Å²) in [4.78, 5) is 28.0. The molecule has 3 rings (SSSR count). The van der Waals surface area contributed by atoms with E-state index in [0.717, 1.165) is 30.6 Å². The average Bonchev–Trinajstić information content (AvgIpc) is 2.55. The van der Waals surface area contributed by atoms with Gasteiger partial charge in [-0.25, -0.2) is 4.39 Å². The van der Waals surface area contributed by atoms with Crippen LogP contribution in [-0.4, -0.2) is 30.0 Å². The highest BCUT2D eigenvalue weighted by Gasteiger charge is 2.23. The minimum atomic E-state index is -0.240. The number of rotatable bonds is 3. The Labute approximate surface area is 139 Å². The topological polar surface area (TPSA) is 65.2 Å². The van der Waals surface area contributed by atoms with Crippen molar-refractivity contribution in [2.45, 2.75) is 25.8 Å². The predicted molar refractivity (Wildman–Crippen MR) is 90.9 cm³/mol. The van der Waals surface area contributed by atoms with Crippen molar-refractivity contribution < 1.29 is 9.18 Å². The minimum Gasteiger partial charge on any atom is -0.369 e. The number of halogens is 1. The van der Waals surface area contributed by atoms with Crippen LogP contribution >= 0.6 is 0 Å². The molecule has 1 aromatic heterocycles. The highest BCUT2D eigenvalue weighted by Crippen LogP contribution is 2.24. The SMILES string of the molecule is Cc1cc(F)ccc1N1CCC[C@H](NC(=O)c2ccc(=O)[nH]c2)C1. The molecule has 1 aromatic carbocycles. The maximum absolute atomic E-state index is 13.3. The largest absolute Gasteiger partial charge is 0.369 e. The molecule has 0 spiro atoms. The van der Waals surface area contributed by atoms with E-state index in [2.05, 4.69) is 15.2 Å². The second kappa shape index (κ2) is 6.86. The summed E-state index contributed by atoms with van der Waals surface area (Å²) < 4.78 is 13.3. The van der Waals surface area contributed by atoms with Crippen LogP contribution in [0.3, 0.4) is 0 Å². The Balaban J connectivity index is 1.68. The van der Waals surface area contributed by atoms with Crippen molar-refractivity contribution in [1.29, 1.82) is 0 Å². The van der Waals surface area contributed by atoms with Gasteiger partial charge in [-0.05, 0) is 49.6 Å². The summed E-state index contributed by atoms with van der Waals surface area (Å²) >= 11 is 0. The third kappa shape index (κ3) is 3.64. The summed E-state index contributed by atoms with van der Waals surface area (Å²) in [7, 11) is 0. The van der Waals surface area contributed by atoms with Gasteiger partial charge in [0, 0.05) is 37.1 Å². The van der Waals surface area contributed by atoms with E-state index in [9.17, 15) is 14.0 Å². The van der Waals surface area contributed by atoms with Gasteiger partial charge in [-0.3, -0.25) is 9.59 Å². The Morgan fingerprint density at radius 2 is 2.17 bits per heavy atom. The van der Waals surface area contributed by atoms with Crippen molar-refractivity contribution >= 4 is 11.6 Å². The Morgan fingerprint density at radius 3 is 2.88 bits per heavy atom. The van der Waals surface area contributed by atoms with Crippen molar-refractivity contribution in [2.24, 2.45) is 0 Å². The van der Waals surface area contributed by atoms with Gasteiger partial charge in [0.2, 0.25) is 5.56 Å². The molecule has 2 heterocycles. The lowest BCUT2D eigenvalue weighted by Crippen LogP contribution is -2.48. The van der Waals surface area contributed by atoms with Crippen LogP contribution in [-0.2, 0) is 0 Å². The molecule has 24 heavy (non-hydrogen) atoms. The van der Waals surface area contributed by atoms with Crippen molar-refractivity contribution in [3.05, 3.63) is 63.8 Å². The van der Waals surface area contributed by atoms with Gasteiger partial charge >= 0.3 is 0 Å². The summed E-state index contributed by atoms with van der Waals surface area (Å²) in [6.07, 6.45) is 3.27. The number of aromatic amines is 1. The van der Waals surface area contributed by atoms with Gasteiger partial charge in [-0.2, -0.15) is 0 Å². The number of aryl methyl sites for hydroxylation is 1. The smallest absolute Gasteiger partial charge is 0.253 e. The highest BCUT2D eigenvalue weighted by atomic mass is 19.1. The Morgan fingerprint density at radius 1 is 1.33 bits per heavy atom. The second-order valence-corrected chi connectivity index (χ2v) is 6.13. The molecular formula is C18H20FN3O2. The number of nitrogens with zero attached hydrogens (tertiary/aromatic N) is 1. The summed E-state index contributed by atoms with van der Waals surface area (Å²) in [5, 5.41) is 3.01. The van der Waals surface area contributed by atoms with E-state index in [-0.39, 0.29) is 23.3 Å². The van der Waals surface area contributed by atoms with Crippen LogP contribution in [0.25, 0.3) is 0 Å². The van der Waals surface area contributed by atoms with Crippen LogP contribution in [0.5, 0.6) is 0 Å². The number of hydrogen-bond acceptors (Lipinski definition) is 3. The molecule has 1 aliphatic heterocycles. The average molecular weight is 329 g/mol. The van der Waals surface area contributed by atoms with E-state index >= 15 is 0 Å². The van der Waals surface area contributed by atoms with Crippen molar-refractivity contribution in [2.75, 3.05) is 18.0 Å². The number of carbonyl (C=O) groups is 1. The van der Waals surface area contributed by atoms with E-state index in [1.165, 1.54) is 30.5 Å². The number of pyridine rings is 1. The summed E-state index contributed by atoms with van der Waals surface area (Å²) in [6.45, 7) is 3.46. The molecule has 1 saturated heterocycles. The molecule has 1 fully saturated rings. The number of hydrogen-bond donors (Lipinski definition) is 2. The lowest BCUT2D eigenvalue weighted by Gasteiger charge is -2.35. The molecule has 1 amide bonds. The number of nitrogens with one attached hydrogen (secondary N) is 2. The number of carbonyl (C=O) groups excluding carboxylic acids is 1. The first kappa shape index (κ1) is 16.2. The fourth-order valence-electron chi connectivity index (χ4n) is 3.11. The van der Waals surface area contributed by atoms with Crippen LogP contribution in [0.2, 0.25) is 0 Å². The molecule has 126 valence electrons. The first-order chi connectivity index (χ1) is 11.5. The summed E-state index contributed by atoms with van der Waals surface area (Å²) in [6, 6.07) is 7.64. The Kier molecular flexibility index (Phi) is 4.64. The lowest BCUT2D eigenvalue weighted by atomic mass is 10.0. The molecule has 0 bridgehead atoms. The first-order valence-electron chi connectivity index (χ1n) is 8.03. The van der Waals surface area contributed by atoms with Crippen molar-refractivity contribution in [3.63, 3.8) is 0 Å². The molecule has 1 atom stereocenters. The molecular weight excluding hydrogens is 309 g/mol.